The van der Waals surface area contributed by atoms with Crippen LogP contribution in [0, 0.1) is 0 Å². The molecule has 1 aromatic rings. The van der Waals surface area contributed by atoms with Crippen LogP contribution in [0.5, 0.6) is 0 Å². The molecule has 2 atom stereocenters. The van der Waals surface area contributed by atoms with Gasteiger partial charge in [0.05, 0.1) is 6.10 Å². The van der Waals surface area contributed by atoms with Crippen molar-refractivity contribution < 1.29 is 9.90 Å². The van der Waals surface area contributed by atoms with Crippen LogP contribution in [-0.4, -0.2) is 34.1 Å². The lowest BCUT2D eigenvalue weighted by Crippen LogP contribution is -2.48. The van der Waals surface area contributed by atoms with Gasteiger partial charge in [-0.1, -0.05) is 0 Å². The SMILES string of the molecule is Nc1cc(C(=O)N2C3CCC2CC(O)C3)ccc1Br. The number of anilines is 1. The molecular weight excluding hydrogens is 308 g/mol. The Bertz CT molecular complexity index is 506. The molecule has 1 aromatic carbocycles. The van der Waals surface area contributed by atoms with Crippen LogP contribution in [0.2, 0.25) is 0 Å². The summed E-state index contributed by atoms with van der Waals surface area (Å²) in [4.78, 5) is 14.6. The molecule has 2 fully saturated rings. The van der Waals surface area contributed by atoms with Crippen molar-refractivity contribution in [2.75, 3.05) is 5.73 Å². The molecule has 2 saturated heterocycles. The van der Waals surface area contributed by atoms with E-state index < -0.39 is 0 Å². The first-order chi connectivity index (χ1) is 9.06. The second-order valence-electron chi connectivity index (χ2n) is 5.46. The topological polar surface area (TPSA) is 66.6 Å². The Morgan fingerprint density at radius 2 is 1.95 bits per heavy atom. The van der Waals surface area contributed by atoms with Gasteiger partial charge in [-0.25, -0.2) is 0 Å². The number of fused-ring (bicyclic) bond motifs is 2. The van der Waals surface area contributed by atoms with E-state index in [1.54, 1.807) is 12.1 Å². The van der Waals surface area contributed by atoms with Gasteiger partial charge in [-0.05, 0) is 59.8 Å². The molecule has 19 heavy (non-hydrogen) atoms. The van der Waals surface area contributed by atoms with Gasteiger partial charge in [-0.15, -0.1) is 0 Å². The number of carbonyl (C=O) groups is 1. The van der Waals surface area contributed by atoms with E-state index in [9.17, 15) is 9.90 Å². The van der Waals surface area contributed by atoms with Crippen LogP contribution in [0.3, 0.4) is 0 Å². The van der Waals surface area contributed by atoms with E-state index in [0.717, 1.165) is 17.3 Å². The molecule has 0 saturated carbocycles. The number of nitrogen functional groups attached to an aromatic ring is 1. The summed E-state index contributed by atoms with van der Waals surface area (Å²) in [6, 6.07) is 5.70. The second-order valence-corrected chi connectivity index (χ2v) is 6.31. The van der Waals surface area contributed by atoms with Gasteiger partial charge in [-0.3, -0.25) is 4.79 Å². The van der Waals surface area contributed by atoms with Crippen LogP contribution in [0.25, 0.3) is 0 Å². The van der Waals surface area contributed by atoms with E-state index in [2.05, 4.69) is 15.9 Å². The Morgan fingerprint density at radius 3 is 2.53 bits per heavy atom. The smallest absolute Gasteiger partial charge is 0.254 e. The minimum absolute atomic E-state index is 0.0404. The van der Waals surface area contributed by atoms with Crippen molar-refractivity contribution in [2.24, 2.45) is 0 Å². The van der Waals surface area contributed by atoms with Crippen LogP contribution < -0.4 is 5.73 Å². The van der Waals surface area contributed by atoms with E-state index in [-0.39, 0.29) is 24.1 Å². The molecule has 0 radical (unpaired) electrons. The standard InChI is InChI=1S/C14H17BrN2O2/c15-12-4-1-8(5-13(12)16)14(19)17-9-2-3-10(17)7-11(18)6-9/h1,4-5,9-11,18H,2-3,6-7,16H2. The van der Waals surface area contributed by atoms with Crippen LogP contribution >= 0.6 is 15.9 Å². The molecule has 0 aliphatic carbocycles. The maximum Gasteiger partial charge on any atom is 0.254 e. The second kappa shape index (κ2) is 4.80. The predicted molar refractivity (Wildman–Crippen MR) is 76.8 cm³/mol. The monoisotopic (exact) mass is 324 g/mol. The van der Waals surface area contributed by atoms with Crippen molar-refractivity contribution in [2.45, 2.75) is 43.9 Å². The maximum atomic E-state index is 12.6. The zero-order valence-electron chi connectivity index (χ0n) is 10.6. The molecule has 5 heteroatoms. The fraction of sp³-hybridized carbons (Fsp3) is 0.500. The third-order valence-electron chi connectivity index (χ3n) is 4.19. The predicted octanol–water partition coefficient (Wildman–Crippen LogP) is 2.16. The highest BCUT2D eigenvalue weighted by Crippen LogP contribution is 2.37. The van der Waals surface area contributed by atoms with E-state index in [1.165, 1.54) is 0 Å². The summed E-state index contributed by atoms with van der Waals surface area (Å²) < 4.78 is 0.807. The van der Waals surface area contributed by atoms with Gasteiger partial charge in [-0.2, -0.15) is 0 Å². The number of aliphatic hydroxyl groups is 1. The number of halogens is 1. The lowest BCUT2D eigenvalue weighted by Gasteiger charge is -2.37. The molecule has 2 aliphatic rings. The van der Waals surface area contributed by atoms with Gasteiger partial charge >= 0.3 is 0 Å². The number of hydrogen-bond donors (Lipinski definition) is 2. The summed E-state index contributed by atoms with van der Waals surface area (Å²) in [5, 5.41) is 9.78. The Kier molecular flexibility index (Phi) is 3.27. The summed E-state index contributed by atoms with van der Waals surface area (Å²) in [6.45, 7) is 0. The number of nitrogens with zero attached hydrogens (tertiary/aromatic N) is 1. The van der Waals surface area contributed by atoms with E-state index in [1.807, 2.05) is 11.0 Å². The lowest BCUT2D eigenvalue weighted by atomic mass is 9.98. The molecule has 0 aromatic heterocycles. The fourth-order valence-corrected chi connectivity index (χ4v) is 3.55. The number of hydrogen-bond acceptors (Lipinski definition) is 3. The molecule has 4 nitrogen and oxygen atoms in total. The molecule has 0 spiro atoms. The van der Waals surface area contributed by atoms with Crippen molar-refractivity contribution >= 4 is 27.5 Å². The van der Waals surface area contributed by atoms with Crippen molar-refractivity contribution in [1.82, 2.24) is 4.90 Å². The number of carbonyl (C=O) groups excluding carboxylic acids is 1. The van der Waals surface area contributed by atoms with Gasteiger partial charge in [0.1, 0.15) is 0 Å². The minimum atomic E-state index is -0.253. The summed E-state index contributed by atoms with van der Waals surface area (Å²) in [6.07, 6.45) is 3.15. The van der Waals surface area contributed by atoms with Crippen LogP contribution in [-0.2, 0) is 0 Å². The number of piperidine rings is 1. The van der Waals surface area contributed by atoms with Crippen LogP contribution in [0.4, 0.5) is 5.69 Å². The molecule has 1 amide bonds. The first kappa shape index (κ1) is 12.9. The Labute approximate surface area is 120 Å². The first-order valence-electron chi connectivity index (χ1n) is 6.62. The summed E-state index contributed by atoms with van der Waals surface area (Å²) in [5.74, 6) is 0.0404. The van der Waals surface area contributed by atoms with Gasteiger partial charge in [0, 0.05) is 27.8 Å². The molecule has 2 aliphatic heterocycles. The Morgan fingerprint density at radius 1 is 1.32 bits per heavy atom. The zero-order chi connectivity index (χ0) is 13.6. The third kappa shape index (κ3) is 2.25. The molecule has 2 heterocycles. The summed E-state index contributed by atoms with van der Waals surface area (Å²) >= 11 is 3.34. The lowest BCUT2D eigenvalue weighted by molar-refractivity contribution is 0.0287. The number of rotatable bonds is 1. The summed E-state index contributed by atoms with van der Waals surface area (Å²) in [5.41, 5.74) is 7.05. The van der Waals surface area contributed by atoms with Gasteiger partial charge in [0.25, 0.3) is 5.91 Å². The van der Waals surface area contributed by atoms with Crippen molar-refractivity contribution in [3.63, 3.8) is 0 Å². The van der Waals surface area contributed by atoms with Crippen molar-refractivity contribution in [1.29, 1.82) is 0 Å². The highest BCUT2D eigenvalue weighted by molar-refractivity contribution is 9.10. The quantitative estimate of drug-likeness (QED) is 0.778. The average Bonchev–Trinajstić information content (AvgIpc) is 2.64. The highest BCUT2D eigenvalue weighted by atomic mass is 79.9. The van der Waals surface area contributed by atoms with Crippen molar-refractivity contribution in [3.05, 3.63) is 28.2 Å². The number of aliphatic hydroxyl groups excluding tert-OH is 1. The Balaban J connectivity index is 1.86. The number of nitrogens with two attached hydrogens (primary N) is 1. The minimum Gasteiger partial charge on any atom is -0.398 e. The van der Waals surface area contributed by atoms with Crippen LogP contribution in [0.15, 0.2) is 22.7 Å². The number of benzene rings is 1. The molecule has 2 unspecified atom stereocenters. The van der Waals surface area contributed by atoms with Gasteiger partial charge in [0.15, 0.2) is 0 Å². The first-order valence-corrected chi connectivity index (χ1v) is 7.41. The molecular formula is C14H17BrN2O2. The largest absolute Gasteiger partial charge is 0.398 e. The van der Waals surface area contributed by atoms with Gasteiger partial charge in [0.2, 0.25) is 0 Å². The van der Waals surface area contributed by atoms with E-state index in [0.29, 0.717) is 24.1 Å². The average molecular weight is 325 g/mol. The fourth-order valence-electron chi connectivity index (χ4n) is 3.31. The summed E-state index contributed by atoms with van der Waals surface area (Å²) in [7, 11) is 0. The van der Waals surface area contributed by atoms with Crippen LogP contribution in [0.1, 0.15) is 36.0 Å². The molecule has 102 valence electrons. The molecule has 2 bridgehead atoms. The number of amides is 1. The molecule has 3 N–H and O–H groups in total. The van der Waals surface area contributed by atoms with Gasteiger partial charge < -0.3 is 15.7 Å². The zero-order valence-corrected chi connectivity index (χ0v) is 12.1. The van der Waals surface area contributed by atoms with E-state index >= 15 is 0 Å². The molecule has 3 rings (SSSR count). The Hall–Kier alpha value is -1.07. The third-order valence-corrected chi connectivity index (χ3v) is 4.91. The maximum absolute atomic E-state index is 12.6. The van der Waals surface area contributed by atoms with E-state index in [4.69, 9.17) is 5.73 Å². The highest BCUT2D eigenvalue weighted by Gasteiger charge is 2.42. The van der Waals surface area contributed by atoms with Crippen molar-refractivity contribution in [3.8, 4) is 0 Å². The normalized spacial score (nSPS) is 29.6.